The number of aromatic amines is 1. The number of benzene rings is 1. The first-order valence-corrected chi connectivity index (χ1v) is 12.3. The maximum absolute atomic E-state index is 15.3. The fourth-order valence-electron chi connectivity index (χ4n) is 3.43. The minimum atomic E-state index is -2.80. The summed E-state index contributed by atoms with van der Waals surface area (Å²) in [5, 5.41) is 10.5. The fraction of sp³-hybridized carbons (Fsp3) is 0.500. The van der Waals surface area contributed by atoms with Gasteiger partial charge in [-0.3, -0.25) is 18.9 Å². The molecular weight excluding hydrogens is 519 g/mol. The van der Waals surface area contributed by atoms with E-state index in [0.29, 0.717) is 0 Å². The van der Waals surface area contributed by atoms with Gasteiger partial charge in [-0.25, -0.2) is 18.4 Å². The topological polar surface area (TPSA) is 164 Å². The van der Waals surface area contributed by atoms with Crippen LogP contribution in [0.25, 0.3) is 0 Å². The van der Waals surface area contributed by atoms with Crippen LogP contribution >= 0.6 is 8.17 Å². The molecular formula is C22H26F2N3O9P. The minimum absolute atomic E-state index is 0.209. The average molecular weight is 545 g/mol. The molecule has 2 heterocycles. The fourth-order valence-corrected chi connectivity index (χ4v) is 4.17. The van der Waals surface area contributed by atoms with Gasteiger partial charge in [0.1, 0.15) is 24.6 Å². The lowest BCUT2D eigenvalue weighted by Gasteiger charge is -2.24. The molecule has 0 bridgehead atoms. The Morgan fingerprint density at radius 2 is 2.03 bits per heavy atom. The van der Waals surface area contributed by atoms with Crippen LogP contribution in [0.15, 0.2) is 44.8 Å². The van der Waals surface area contributed by atoms with Gasteiger partial charge in [0, 0.05) is 18.3 Å². The molecule has 2 unspecified atom stereocenters. The van der Waals surface area contributed by atoms with E-state index in [1.54, 1.807) is 13.8 Å². The zero-order chi connectivity index (χ0) is 27.5. The molecule has 2 N–H and O–H groups in total. The number of H-pyrrole nitrogens is 1. The van der Waals surface area contributed by atoms with Crippen LogP contribution in [-0.4, -0.2) is 57.3 Å². The largest absolute Gasteiger partial charge is 0.575 e. The van der Waals surface area contributed by atoms with Crippen LogP contribution < -0.4 is 25.4 Å². The first-order chi connectivity index (χ1) is 17.3. The lowest BCUT2D eigenvalue weighted by molar-refractivity contribution is -0.170. The standard InChI is InChI=1S/C22H26F2N3O9P/c1-11(2)34-19(30)12(3)26-37(32)36-14-6-5-13(23)9-15(14)33-10-16-18(29)22(4,24)20(35-16)27-8-7-17(28)25-21(27)31/h5-9,11-12,16,18,20,29H,10H2,1-4H3,(H,25,28,31)/t12-,16+,18+,20?,22+/m0/s1. The summed E-state index contributed by atoms with van der Waals surface area (Å²) in [5.41, 5.74) is -4.12. The van der Waals surface area contributed by atoms with Gasteiger partial charge in [-0.15, -0.1) is 0 Å². The second kappa shape index (κ2) is 11.5. The van der Waals surface area contributed by atoms with E-state index in [0.717, 1.165) is 42.0 Å². The van der Waals surface area contributed by atoms with Gasteiger partial charge in [0.05, 0.1) is 6.10 Å². The van der Waals surface area contributed by atoms with Crippen molar-refractivity contribution in [3.63, 3.8) is 0 Å². The number of halogens is 2. The van der Waals surface area contributed by atoms with E-state index in [-0.39, 0.29) is 11.5 Å². The Hall–Kier alpha value is -3.19. The van der Waals surface area contributed by atoms with Crippen LogP contribution in [0, 0.1) is 5.82 Å². The van der Waals surface area contributed by atoms with Crippen molar-refractivity contribution in [3.05, 3.63) is 57.1 Å². The van der Waals surface area contributed by atoms with Crippen molar-refractivity contribution in [2.24, 2.45) is 4.74 Å². The monoisotopic (exact) mass is 545 g/mol. The minimum Gasteiger partial charge on any atom is -0.575 e. The third kappa shape index (κ3) is 6.77. The third-order valence-corrected chi connectivity index (χ3v) is 6.15. The van der Waals surface area contributed by atoms with Gasteiger partial charge in [-0.05, 0) is 39.8 Å². The molecule has 0 saturated carbocycles. The van der Waals surface area contributed by atoms with Gasteiger partial charge in [-0.1, -0.05) is 4.74 Å². The average Bonchev–Trinajstić information content (AvgIpc) is 3.02. The molecule has 1 aromatic heterocycles. The van der Waals surface area contributed by atoms with E-state index in [9.17, 15) is 28.8 Å². The Morgan fingerprint density at radius 3 is 2.68 bits per heavy atom. The Labute approximate surface area is 210 Å². The van der Waals surface area contributed by atoms with Crippen molar-refractivity contribution in [1.29, 1.82) is 0 Å². The third-order valence-electron chi connectivity index (χ3n) is 5.27. The van der Waals surface area contributed by atoms with Crippen LogP contribution in [0.5, 0.6) is 11.5 Å². The molecule has 0 radical (unpaired) electrons. The number of ether oxygens (including phenoxy) is 3. The van der Waals surface area contributed by atoms with Crippen molar-refractivity contribution in [2.75, 3.05) is 6.61 Å². The van der Waals surface area contributed by atoms with Crippen LogP contribution in [0.3, 0.4) is 0 Å². The van der Waals surface area contributed by atoms with Crippen molar-refractivity contribution < 1.29 is 42.3 Å². The summed E-state index contributed by atoms with van der Waals surface area (Å²) in [7, 11) is -2.80. The second-order valence-electron chi connectivity index (χ2n) is 8.65. The number of aliphatic hydroxyl groups is 1. The van der Waals surface area contributed by atoms with E-state index >= 15 is 4.39 Å². The Kier molecular flexibility index (Phi) is 8.80. The summed E-state index contributed by atoms with van der Waals surface area (Å²) in [6, 6.07) is 2.89. The predicted octanol–water partition coefficient (Wildman–Crippen LogP) is 1.32. The molecule has 37 heavy (non-hydrogen) atoms. The molecule has 1 aliphatic heterocycles. The molecule has 15 heteroatoms. The smallest absolute Gasteiger partial charge is 0.395 e. The Bertz CT molecular complexity index is 1280. The van der Waals surface area contributed by atoms with Crippen LogP contribution in [0.2, 0.25) is 0 Å². The molecule has 3 rings (SSSR count). The molecule has 0 spiro atoms. The summed E-state index contributed by atoms with van der Waals surface area (Å²) < 4.78 is 54.9. The molecule has 0 aliphatic carbocycles. The van der Waals surface area contributed by atoms with Gasteiger partial charge in [0.15, 0.2) is 23.7 Å². The summed E-state index contributed by atoms with van der Waals surface area (Å²) in [4.78, 5) is 49.6. The zero-order valence-electron chi connectivity index (χ0n) is 20.3. The first-order valence-electron chi connectivity index (χ1n) is 11.1. The number of aromatic nitrogens is 2. The maximum Gasteiger partial charge on any atom is 0.395 e. The number of carbonyl (C=O) groups excluding carboxylic acids is 1. The van der Waals surface area contributed by atoms with E-state index in [2.05, 4.69) is 4.74 Å². The summed E-state index contributed by atoms with van der Waals surface area (Å²) in [6.07, 6.45) is -4.10. The summed E-state index contributed by atoms with van der Waals surface area (Å²) in [5.74, 6) is -1.93. The van der Waals surface area contributed by atoms with Crippen molar-refractivity contribution >= 4 is 14.1 Å². The van der Waals surface area contributed by atoms with E-state index in [1.165, 1.54) is 6.92 Å². The zero-order valence-corrected chi connectivity index (χ0v) is 21.2. The van der Waals surface area contributed by atoms with Gasteiger partial charge in [-0.2, -0.15) is 0 Å². The highest BCUT2D eigenvalue weighted by Crippen LogP contribution is 2.41. The number of alkyl halides is 1. The molecule has 12 nitrogen and oxygen atoms in total. The van der Waals surface area contributed by atoms with Crippen molar-refractivity contribution in [3.8, 4) is 11.5 Å². The van der Waals surface area contributed by atoms with Crippen LogP contribution in [-0.2, 0) is 14.3 Å². The maximum atomic E-state index is 15.3. The van der Waals surface area contributed by atoms with Crippen LogP contribution in [0.1, 0.15) is 33.9 Å². The highest BCUT2D eigenvalue weighted by Gasteiger charge is 2.55. The number of nitrogens with one attached hydrogen (secondary N) is 1. The predicted molar refractivity (Wildman–Crippen MR) is 123 cm³/mol. The van der Waals surface area contributed by atoms with Gasteiger partial charge < -0.3 is 24.2 Å². The number of hydrogen-bond acceptors (Lipinski definition) is 10. The highest BCUT2D eigenvalue weighted by atomic mass is 31.1. The molecule has 1 aliphatic rings. The molecule has 1 fully saturated rings. The lowest BCUT2D eigenvalue weighted by Crippen LogP contribution is -2.43. The Balaban J connectivity index is 1.75. The molecule has 6 atom stereocenters. The molecule has 1 saturated heterocycles. The normalized spacial score (nSPS) is 24.7. The highest BCUT2D eigenvalue weighted by molar-refractivity contribution is 7.34. The SMILES string of the molecule is CC(C)OC(=O)[C@H](C)N=[P+]([O-])Oc1ccc(F)cc1OC[C@H]1OC(n2ccc(=O)[nH]c2=O)[C@](C)(F)[C@@H]1O. The molecule has 202 valence electrons. The number of esters is 1. The molecule has 0 amide bonds. The number of aliphatic hydroxyl groups excluding tert-OH is 1. The van der Waals surface area contributed by atoms with Crippen molar-refractivity contribution in [1.82, 2.24) is 9.55 Å². The first kappa shape index (κ1) is 28.4. The number of nitrogens with zero attached hydrogens (tertiary/aromatic N) is 2. The van der Waals surface area contributed by atoms with Gasteiger partial charge in [0.2, 0.25) is 5.75 Å². The Morgan fingerprint density at radius 1 is 1.32 bits per heavy atom. The summed E-state index contributed by atoms with van der Waals surface area (Å²) in [6.45, 7) is 5.12. The molecule has 1 aromatic carbocycles. The quantitative estimate of drug-likeness (QED) is 0.349. The summed E-state index contributed by atoms with van der Waals surface area (Å²) >= 11 is 0. The van der Waals surface area contributed by atoms with E-state index in [4.69, 9.17) is 18.7 Å². The van der Waals surface area contributed by atoms with E-state index in [1.807, 2.05) is 4.98 Å². The lowest BCUT2D eigenvalue weighted by atomic mass is 9.98. The molecule has 2 aromatic rings. The van der Waals surface area contributed by atoms with Gasteiger partial charge in [0.25, 0.3) is 5.56 Å². The number of hydrogen-bond donors (Lipinski definition) is 2. The van der Waals surface area contributed by atoms with E-state index < -0.39 is 74.1 Å². The van der Waals surface area contributed by atoms with Gasteiger partial charge >= 0.3 is 19.8 Å². The van der Waals surface area contributed by atoms with Crippen molar-refractivity contribution in [2.45, 2.75) is 63.9 Å². The second-order valence-corrected chi connectivity index (χ2v) is 9.54. The number of carbonyl (C=O) groups is 1. The van der Waals surface area contributed by atoms with Crippen LogP contribution in [0.4, 0.5) is 8.78 Å². The number of rotatable bonds is 9.